The monoisotopic (exact) mass is 392 g/mol. The van der Waals surface area contributed by atoms with Gasteiger partial charge in [0, 0.05) is 13.0 Å². The van der Waals surface area contributed by atoms with Gasteiger partial charge in [-0.1, -0.05) is 6.07 Å². The van der Waals surface area contributed by atoms with E-state index in [1.807, 2.05) is 33.8 Å². The minimum atomic E-state index is -3.20. The molecule has 2 heterocycles. The molecule has 2 fully saturated rings. The molecular formula is C19H23BF2N2O4. The first kappa shape index (κ1) is 20.6. The third-order valence-corrected chi connectivity index (χ3v) is 5.63. The Labute approximate surface area is 163 Å². The maximum absolute atomic E-state index is 14.3. The highest BCUT2D eigenvalue weighted by atomic mass is 19.3. The molecule has 3 rings (SSSR count). The van der Waals surface area contributed by atoms with Crippen molar-refractivity contribution in [2.24, 2.45) is 0 Å². The molecule has 0 bridgehead atoms. The van der Waals surface area contributed by atoms with Crippen molar-refractivity contribution in [2.45, 2.75) is 57.3 Å². The molecule has 1 unspecified atom stereocenters. The fourth-order valence-electron chi connectivity index (χ4n) is 3.20. The van der Waals surface area contributed by atoms with E-state index in [1.165, 1.54) is 12.1 Å². The zero-order chi connectivity index (χ0) is 20.7. The van der Waals surface area contributed by atoms with Crippen LogP contribution in [0.3, 0.4) is 0 Å². The molecule has 1 aromatic carbocycles. The van der Waals surface area contributed by atoms with Gasteiger partial charge in [0.25, 0.3) is 0 Å². The third-order valence-electron chi connectivity index (χ3n) is 5.63. The van der Waals surface area contributed by atoms with Crippen LogP contribution in [0, 0.1) is 11.3 Å². The van der Waals surface area contributed by atoms with Gasteiger partial charge in [0.05, 0.1) is 23.3 Å². The summed E-state index contributed by atoms with van der Waals surface area (Å²) in [4.78, 5) is 11.8. The summed E-state index contributed by atoms with van der Waals surface area (Å²) in [5.74, 6) is -3.12. The topological polar surface area (TPSA) is 71.8 Å². The van der Waals surface area contributed by atoms with Crippen molar-refractivity contribution < 1.29 is 27.6 Å². The summed E-state index contributed by atoms with van der Waals surface area (Å²) in [6.07, 6.45) is -1.02. The molecule has 2 saturated heterocycles. The highest BCUT2D eigenvalue weighted by molar-refractivity contribution is 6.62. The summed E-state index contributed by atoms with van der Waals surface area (Å²) in [5.41, 5.74) is -0.325. The smallest absolute Gasteiger partial charge is 0.483 e. The highest BCUT2D eigenvalue weighted by Gasteiger charge is 2.52. The number of benzene rings is 1. The van der Waals surface area contributed by atoms with Crippen LogP contribution in [-0.4, -0.2) is 54.7 Å². The van der Waals surface area contributed by atoms with Crippen molar-refractivity contribution >= 4 is 19.0 Å². The Bertz CT molecular complexity index is 794. The van der Waals surface area contributed by atoms with Crippen LogP contribution in [0.4, 0.5) is 8.78 Å². The highest BCUT2D eigenvalue weighted by Crippen LogP contribution is 2.37. The lowest BCUT2D eigenvalue weighted by atomic mass is 9.78. The minimum absolute atomic E-state index is 0.0183. The van der Waals surface area contributed by atoms with E-state index in [4.69, 9.17) is 14.0 Å². The van der Waals surface area contributed by atoms with Gasteiger partial charge in [0.15, 0.2) is 6.10 Å². The first-order valence-corrected chi connectivity index (χ1v) is 9.12. The van der Waals surface area contributed by atoms with E-state index in [0.717, 1.165) is 4.90 Å². The van der Waals surface area contributed by atoms with Gasteiger partial charge < -0.3 is 18.9 Å². The van der Waals surface area contributed by atoms with E-state index in [0.29, 0.717) is 11.9 Å². The summed E-state index contributed by atoms with van der Waals surface area (Å²) in [5, 5.41) is 9.48. The second-order valence-electron chi connectivity index (χ2n) is 8.19. The normalized spacial score (nSPS) is 25.2. The van der Waals surface area contributed by atoms with Crippen LogP contribution in [0.2, 0.25) is 0 Å². The van der Waals surface area contributed by atoms with Gasteiger partial charge in [-0.2, -0.15) is 5.26 Å². The van der Waals surface area contributed by atoms with Crippen molar-refractivity contribution in [3.63, 3.8) is 0 Å². The fraction of sp³-hybridized carbons (Fsp3) is 0.579. The number of ether oxygens (including phenoxy) is 1. The number of rotatable bonds is 4. The van der Waals surface area contributed by atoms with E-state index < -0.39 is 36.9 Å². The molecule has 0 N–H and O–H groups in total. The molecule has 2 aliphatic heterocycles. The molecular weight excluding hydrogens is 369 g/mol. The molecule has 0 spiro atoms. The number of halogens is 2. The van der Waals surface area contributed by atoms with Crippen molar-refractivity contribution in [1.82, 2.24) is 4.90 Å². The lowest BCUT2D eigenvalue weighted by molar-refractivity contribution is -0.151. The number of carbonyl (C=O) groups is 1. The summed E-state index contributed by atoms with van der Waals surface area (Å²) in [6.45, 7) is 7.16. The molecule has 1 atom stereocenters. The Kier molecular flexibility index (Phi) is 5.15. The van der Waals surface area contributed by atoms with Crippen molar-refractivity contribution in [1.29, 1.82) is 5.26 Å². The second-order valence-corrected chi connectivity index (χ2v) is 8.19. The summed E-state index contributed by atoms with van der Waals surface area (Å²) in [6, 6.07) is 6.67. The molecule has 9 heteroatoms. The third kappa shape index (κ3) is 3.71. The molecule has 28 heavy (non-hydrogen) atoms. The zero-order valence-electron chi connectivity index (χ0n) is 16.4. The maximum Gasteiger partial charge on any atom is 0.494 e. The van der Waals surface area contributed by atoms with Crippen LogP contribution in [0.25, 0.3) is 0 Å². The van der Waals surface area contributed by atoms with Gasteiger partial charge in [0.2, 0.25) is 6.41 Å². The van der Waals surface area contributed by atoms with Crippen LogP contribution in [0.5, 0.6) is 5.75 Å². The van der Waals surface area contributed by atoms with Crippen molar-refractivity contribution in [3.05, 3.63) is 23.8 Å². The average Bonchev–Trinajstić information content (AvgIpc) is 2.84. The van der Waals surface area contributed by atoms with E-state index in [9.17, 15) is 18.8 Å². The summed E-state index contributed by atoms with van der Waals surface area (Å²) >= 11 is 0. The van der Waals surface area contributed by atoms with Crippen molar-refractivity contribution in [3.8, 4) is 11.8 Å². The molecule has 6 nitrogen and oxygen atoms in total. The van der Waals surface area contributed by atoms with Crippen LogP contribution < -0.4 is 10.2 Å². The van der Waals surface area contributed by atoms with E-state index in [1.54, 1.807) is 6.07 Å². The first-order valence-electron chi connectivity index (χ1n) is 9.12. The van der Waals surface area contributed by atoms with Gasteiger partial charge in [-0.3, -0.25) is 4.79 Å². The average molecular weight is 392 g/mol. The Balaban J connectivity index is 1.80. The van der Waals surface area contributed by atoms with Crippen LogP contribution in [-0.2, 0) is 14.1 Å². The number of hydrogen-bond donors (Lipinski definition) is 0. The molecule has 2 aliphatic rings. The van der Waals surface area contributed by atoms with Gasteiger partial charge in [-0.25, -0.2) is 8.78 Å². The molecule has 0 aromatic heterocycles. The number of hydrogen-bond acceptors (Lipinski definition) is 5. The number of nitrogens with zero attached hydrogens (tertiary/aromatic N) is 2. The van der Waals surface area contributed by atoms with Gasteiger partial charge in [-0.05, 0) is 45.3 Å². The number of amides is 1. The number of piperidine rings is 1. The summed E-state index contributed by atoms with van der Waals surface area (Å²) in [7, 11) is -0.663. The predicted molar refractivity (Wildman–Crippen MR) is 98.5 cm³/mol. The number of carbonyl (C=O) groups excluding carboxylic acids is 1. The predicted octanol–water partition coefficient (Wildman–Crippen LogP) is 2.10. The molecule has 1 aromatic rings. The number of alkyl halides is 2. The number of nitriles is 1. The quantitative estimate of drug-likeness (QED) is 0.580. The Hall–Kier alpha value is -2.18. The fourth-order valence-corrected chi connectivity index (χ4v) is 3.20. The van der Waals surface area contributed by atoms with Gasteiger partial charge >= 0.3 is 13.0 Å². The van der Waals surface area contributed by atoms with Crippen LogP contribution in [0.1, 0.15) is 39.7 Å². The molecule has 0 radical (unpaired) electrons. The Morgan fingerprint density at radius 1 is 1.29 bits per heavy atom. The standard InChI is InChI=1S/C19H23BF2N2O4/c1-17(2)18(3,4)28-20(27-17)14-5-6-15(13(9-14)10-23)26-16-7-8-24(12-25)11-19(16,21)22/h5-6,9,12,16H,7-8,11H2,1-4H3. The Morgan fingerprint density at radius 3 is 2.46 bits per heavy atom. The molecule has 1 amide bonds. The largest absolute Gasteiger partial charge is 0.494 e. The van der Waals surface area contributed by atoms with Crippen LogP contribution >= 0.6 is 0 Å². The summed E-state index contributed by atoms with van der Waals surface area (Å²) < 4.78 is 46.0. The van der Waals surface area contributed by atoms with E-state index in [2.05, 4.69) is 0 Å². The second kappa shape index (κ2) is 7.01. The Morgan fingerprint density at radius 2 is 1.93 bits per heavy atom. The molecule has 0 aliphatic carbocycles. The molecule has 150 valence electrons. The zero-order valence-corrected chi connectivity index (χ0v) is 16.4. The lowest BCUT2D eigenvalue weighted by Crippen LogP contribution is -2.53. The molecule has 0 saturated carbocycles. The van der Waals surface area contributed by atoms with E-state index >= 15 is 0 Å². The van der Waals surface area contributed by atoms with Crippen molar-refractivity contribution in [2.75, 3.05) is 13.1 Å². The SMILES string of the molecule is CC1(C)OB(c2ccc(OC3CCN(C=O)CC3(F)F)c(C#N)c2)OC1(C)C. The first-order chi connectivity index (χ1) is 13.0. The number of likely N-dealkylation sites (tertiary alicyclic amines) is 1. The van der Waals surface area contributed by atoms with Gasteiger partial charge in [-0.15, -0.1) is 0 Å². The van der Waals surface area contributed by atoms with E-state index in [-0.39, 0.29) is 24.3 Å². The van der Waals surface area contributed by atoms with Gasteiger partial charge in [0.1, 0.15) is 11.8 Å². The minimum Gasteiger partial charge on any atom is -0.483 e. The maximum atomic E-state index is 14.3. The lowest BCUT2D eigenvalue weighted by Gasteiger charge is -2.36. The van der Waals surface area contributed by atoms with Crippen LogP contribution in [0.15, 0.2) is 18.2 Å².